The molecule has 3 N–H and O–H groups in total. The molecule has 1 atom stereocenters. The monoisotopic (exact) mass is 321 g/mol. The Bertz CT molecular complexity index is 586. The smallest absolute Gasteiger partial charge is 0.337 e. The van der Waals surface area contributed by atoms with E-state index in [0.717, 1.165) is 12.1 Å². The Morgan fingerprint density at radius 2 is 2.10 bits per heavy atom. The highest BCUT2D eigenvalue weighted by molar-refractivity contribution is 7.89. The Kier molecular flexibility index (Phi) is 5.94. The molecule has 0 aliphatic heterocycles. The van der Waals surface area contributed by atoms with Gasteiger partial charge in [0.15, 0.2) is 0 Å². The average Bonchev–Trinajstić information content (AvgIpc) is 2.34. The maximum Gasteiger partial charge on any atom is 0.337 e. The molecule has 0 radical (unpaired) electrons. The summed E-state index contributed by atoms with van der Waals surface area (Å²) in [5.41, 5.74) is -0.153. The van der Waals surface area contributed by atoms with Crippen molar-refractivity contribution in [2.75, 3.05) is 6.54 Å². The van der Waals surface area contributed by atoms with Gasteiger partial charge in [0.05, 0.1) is 21.6 Å². The number of nitrogens with one attached hydrogen (secondary N) is 1. The zero-order valence-corrected chi connectivity index (χ0v) is 12.4. The molecule has 0 saturated carbocycles. The fourth-order valence-corrected chi connectivity index (χ4v) is 2.95. The minimum atomic E-state index is -3.73. The van der Waals surface area contributed by atoms with E-state index in [4.69, 9.17) is 21.8 Å². The van der Waals surface area contributed by atoms with Gasteiger partial charge in [0.25, 0.3) is 0 Å². The van der Waals surface area contributed by atoms with Gasteiger partial charge in [-0.3, -0.25) is 0 Å². The number of sulfonamides is 1. The third-order valence-corrected chi connectivity index (χ3v) is 4.34. The lowest BCUT2D eigenvalue weighted by atomic mass is 10.2. The summed E-state index contributed by atoms with van der Waals surface area (Å²) in [6, 6.07) is 3.43. The van der Waals surface area contributed by atoms with Crippen molar-refractivity contribution in [3.8, 4) is 0 Å². The van der Waals surface area contributed by atoms with Crippen LogP contribution in [-0.2, 0) is 10.0 Å². The van der Waals surface area contributed by atoms with Crippen molar-refractivity contribution in [3.05, 3.63) is 28.8 Å². The minimum Gasteiger partial charge on any atom is -0.478 e. The first-order chi connectivity index (χ1) is 9.24. The van der Waals surface area contributed by atoms with E-state index in [1.807, 2.05) is 0 Å². The second-order valence-electron chi connectivity index (χ2n) is 4.34. The molecule has 1 aromatic carbocycles. The molecule has 1 rings (SSSR count). The number of aromatic carboxylic acids is 1. The van der Waals surface area contributed by atoms with Gasteiger partial charge in [-0.2, -0.15) is 0 Å². The second kappa shape index (κ2) is 7.03. The van der Waals surface area contributed by atoms with Gasteiger partial charge in [0.1, 0.15) is 0 Å². The van der Waals surface area contributed by atoms with Crippen LogP contribution in [0.15, 0.2) is 23.1 Å². The molecule has 0 bridgehead atoms. The SMILES string of the molecule is CC(O)CCCNS(=O)(=O)c1ccc(C(=O)O)c(Cl)c1. The Hall–Kier alpha value is -1.15. The molecular weight excluding hydrogens is 306 g/mol. The molecule has 8 heteroatoms. The summed E-state index contributed by atoms with van der Waals surface area (Å²) in [6.07, 6.45) is 0.503. The Labute approximate surface area is 122 Å². The molecule has 0 aromatic heterocycles. The van der Waals surface area contributed by atoms with E-state index >= 15 is 0 Å². The number of carboxylic acid groups (broad SMARTS) is 1. The van der Waals surface area contributed by atoms with Crippen LogP contribution in [-0.4, -0.2) is 37.2 Å². The second-order valence-corrected chi connectivity index (χ2v) is 6.51. The Morgan fingerprint density at radius 3 is 2.60 bits per heavy atom. The average molecular weight is 322 g/mol. The van der Waals surface area contributed by atoms with Crippen molar-refractivity contribution in [1.29, 1.82) is 0 Å². The summed E-state index contributed by atoms with van der Waals surface area (Å²) in [6.45, 7) is 1.81. The molecule has 0 heterocycles. The van der Waals surface area contributed by atoms with E-state index in [1.165, 1.54) is 6.07 Å². The highest BCUT2D eigenvalue weighted by Gasteiger charge is 2.17. The van der Waals surface area contributed by atoms with Gasteiger partial charge in [-0.1, -0.05) is 11.6 Å². The van der Waals surface area contributed by atoms with E-state index in [-0.39, 0.29) is 22.0 Å². The van der Waals surface area contributed by atoms with Crippen LogP contribution in [0.5, 0.6) is 0 Å². The van der Waals surface area contributed by atoms with Crippen molar-refractivity contribution < 1.29 is 23.4 Å². The van der Waals surface area contributed by atoms with E-state index in [9.17, 15) is 13.2 Å². The van der Waals surface area contributed by atoms with Crippen LogP contribution in [0.25, 0.3) is 0 Å². The third kappa shape index (κ3) is 4.75. The highest BCUT2D eigenvalue weighted by Crippen LogP contribution is 2.20. The maximum absolute atomic E-state index is 11.9. The van der Waals surface area contributed by atoms with Crippen molar-refractivity contribution >= 4 is 27.6 Å². The summed E-state index contributed by atoms with van der Waals surface area (Å²) >= 11 is 5.73. The van der Waals surface area contributed by atoms with Gasteiger partial charge in [-0.25, -0.2) is 17.9 Å². The summed E-state index contributed by atoms with van der Waals surface area (Å²) < 4.78 is 26.2. The van der Waals surface area contributed by atoms with E-state index in [2.05, 4.69) is 4.72 Å². The standard InChI is InChI=1S/C12H16ClNO5S/c1-8(15)3-2-6-14-20(18,19)9-4-5-10(12(16)17)11(13)7-9/h4-5,7-8,14-15H,2-3,6H2,1H3,(H,16,17). The van der Waals surface area contributed by atoms with E-state index in [1.54, 1.807) is 6.92 Å². The van der Waals surface area contributed by atoms with Gasteiger partial charge in [-0.15, -0.1) is 0 Å². The Balaban J connectivity index is 2.78. The van der Waals surface area contributed by atoms with Gasteiger partial charge >= 0.3 is 5.97 Å². The third-order valence-electron chi connectivity index (χ3n) is 2.57. The Morgan fingerprint density at radius 1 is 1.45 bits per heavy atom. The molecule has 0 spiro atoms. The van der Waals surface area contributed by atoms with Crippen LogP contribution >= 0.6 is 11.6 Å². The summed E-state index contributed by atoms with van der Waals surface area (Å²) in [5.74, 6) is -1.22. The first-order valence-electron chi connectivity index (χ1n) is 5.94. The number of aliphatic hydroxyl groups is 1. The number of benzene rings is 1. The lowest BCUT2D eigenvalue weighted by Crippen LogP contribution is -2.25. The van der Waals surface area contributed by atoms with Gasteiger partial charge in [0.2, 0.25) is 10.0 Å². The van der Waals surface area contributed by atoms with Crippen molar-refractivity contribution in [2.45, 2.75) is 30.8 Å². The molecular formula is C12H16ClNO5S. The number of halogens is 1. The van der Waals surface area contributed by atoms with Crippen LogP contribution in [0.4, 0.5) is 0 Å². The van der Waals surface area contributed by atoms with Gasteiger partial charge in [-0.05, 0) is 38.0 Å². The van der Waals surface area contributed by atoms with Crippen molar-refractivity contribution in [3.63, 3.8) is 0 Å². The lowest BCUT2D eigenvalue weighted by molar-refractivity contribution is 0.0697. The predicted molar refractivity (Wildman–Crippen MR) is 74.5 cm³/mol. The van der Waals surface area contributed by atoms with Crippen LogP contribution < -0.4 is 4.72 Å². The molecule has 1 aromatic rings. The molecule has 112 valence electrons. The number of carbonyl (C=O) groups is 1. The van der Waals surface area contributed by atoms with Gasteiger partial charge in [0, 0.05) is 6.54 Å². The topological polar surface area (TPSA) is 104 Å². The summed E-state index contributed by atoms with van der Waals surface area (Å²) in [5, 5.41) is 17.7. The molecule has 0 saturated heterocycles. The lowest BCUT2D eigenvalue weighted by Gasteiger charge is -2.08. The summed E-state index contributed by atoms with van der Waals surface area (Å²) in [4.78, 5) is 10.7. The number of carboxylic acids is 1. The first-order valence-corrected chi connectivity index (χ1v) is 7.80. The molecule has 1 unspecified atom stereocenters. The fraction of sp³-hybridized carbons (Fsp3) is 0.417. The van der Waals surface area contributed by atoms with E-state index < -0.39 is 22.1 Å². The molecule has 0 amide bonds. The number of aliphatic hydroxyl groups excluding tert-OH is 1. The van der Waals surface area contributed by atoms with Gasteiger partial charge < -0.3 is 10.2 Å². The zero-order chi connectivity index (χ0) is 15.3. The fourth-order valence-electron chi connectivity index (χ4n) is 1.52. The summed E-state index contributed by atoms with van der Waals surface area (Å²) in [7, 11) is -3.73. The quantitative estimate of drug-likeness (QED) is 0.660. The molecule has 20 heavy (non-hydrogen) atoms. The van der Waals surface area contributed by atoms with Crippen LogP contribution in [0.3, 0.4) is 0 Å². The number of rotatable bonds is 7. The largest absolute Gasteiger partial charge is 0.478 e. The van der Waals surface area contributed by atoms with Crippen molar-refractivity contribution in [2.24, 2.45) is 0 Å². The minimum absolute atomic E-state index is 0.0930. The normalized spacial score (nSPS) is 13.2. The van der Waals surface area contributed by atoms with Crippen LogP contribution in [0.2, 0.25) is 5.02 Å². The maximum atomic E-state index is 11.9. The molecule has 0 aliphatic rings. The van der Waals surface area contributed by atoms with Crippen molar-refractivity contribution in [1.82, 2.24) is 4.72 Å². The van der Waals surface area contributed by atoms with Crippen LogP contribution in [0.1, 0.15) is 30.1 Å². The molecule has 0 aliphatic carbocycles. The predicted octanol–water partition coefficient (Wildman–Crippen LogP) is 1.48. The van der Waals surface area contributed by atoms with E-state index in [0.29, 0.717) is 12.8 Å². The molecule has 6 nitrogen and oxygen atoms in total. The highest BCUT2D eigenvalue weighted by atomic mass is 35.5. The number of hydrogen-bond acceptors (Lipinski definition) is 4. The molecule has 0 fully saturated rings. The zero-order valence-electron chi connectivity index (χ0n) is 10.8. The first kappa shape index (κ1) is 16.9. The van der Waals surface area contributed by atoms with Crippen LogP contribution in [0, 0.1) is 0 Å². The number of hydrogen-bond donors (Lipinski definition) is 3.